The van der Waals surface area contributed by atoms with Crippen molar-refractivity contribution in [3.63, 3.8) is 0 Å². The van der Waals surface area contributed by atoms with Crippen LogP contribution < -0.4 is 9.46 Å². The number of nitrogens with zero attached hydrogens (tertiary/aromatic N) is 2. The molecule has 1 aromatic carbocycles. The van der Waals surface area contributed by atoms with E-state index in [1.165, 1.54) is 13.2 Å². The van der Waals surface area contributed by atoms with Crippen LogP contribution in [0.4, 0.5) is 4.39 Å². The summed E-state index contributed by atoms with van der Waals surface area (Å²) in [6.07, 6.45) is 0. The van der Waals surface area contributed by atoms with Gasteiger partial charge in [-0.3, -0.25) is 4.68 Å². The van der Waals surface area contributed by atoms with E-state index >= 15 is 0 Å². The minimum Gasteiger partial charge on any atom is -0.479 e. The molecule has 8 nitrogen and oxygen atoms in total. The number of methoxy groups -OCH3 is 1. The van der Waals surface area contributed by atoms with Crippen molar-refractivity contribution in [2.45, 2.75) is 38.8 Å². The van der Waals surface area contributed by atoms with Crippen LogP contribution in [0.5, 0.6) is 5.75 Å². The molecular weight excluding hydrogens is 377 g/mol. The second kappa shape index (κ2) is 8.49. The average Bonchev–Trinajstić information content (AvgIpc) is 2.91. The Morgan fingerprint density at radius 2 is 2.04 bits per heavy atom. The van der Waals surface area contributed by atoms with Gasteiger partial charge in [0.15, 0.2) is 18.2 Å². The van der Waals surface area contributed by atoms with E-state index in [0.717, 1.165) is 29.1 Å². The molecule has 1 N–H and O–H groups in total. The van der Waals surface area contributed by atoms with E-state index in [2.05, 4.69) is 14.6 Å². The number of hydrogen-bond donors (Lipinski definition) is 1. The van der Waals surface area contributed by atoms with Gasteiger partial charge in [0.05, 0.1) is 17.7 Å². The molecule has 0 atom stereocenters. The Morgan fingerprint density at radius 1 is 1.33 bits per heavy atom. The number of ether oxygens (including phenoxy) is 2. The van der Waals surface area contributed by atoms with E-state index in [1.807, 2.05) is 13.8 Å². The zero-order chi connectivity index (χ0) is 20.2. The maximum Gasteiger partial charge on any atom is 0.343 e. The minimum absolute atomic E-state index is 0.0439. The molecule has 0 spiro atoms. The van der Waals surface area contributed by atoms with Crippen molar-refractivity contribution >= 4 is 16.0 Å². The third kappa shape index (κ3) is 4.83. The fraction of sp³-hybridized carbons (Fsp3) is 0.412. The third-order valence-electron chi connectivity index (χ3n) is 4.06. The molecule has 2 rings (SSSR count). The highest BCUT2D eigenvalue weighted by molar-refractivity contribution is 7.89. The van der Waals surface area contributed by atoms with Gasteiger partial charge in [-0.2, -0.15) is 5.10 Å². The van der Waals surface area contributed by atoms with Gasteiger partial charge in [0.1, 0.15) is 0 Å². The zero-order valence-electron chi connectivity index (χ0n) is 15.6. The zero-order valence-corrected chi connectivity index (χ0v) is 16.4. The van der Waals surface area contributed by atoms with Crippen LogP contribution in [-0.2, 0) is 32.6 Å². The summed E-state index contributed by atoms with van der Waals surface area (Å²) in [6, 6.07) is 3.19. The molecule has 0 saturated carbocycles. The molecule has 10 heteroatoms. The molecule has 0 saturated heterocycles. The van der Waals surface area contributed by atoms with Crippen molar-refractivity contribution in [3.05, 3.63) is 41.0 Å². The van der Waals surface area contributed by atoms with Crippen molar-refractivity contribution in [2.24, 2.45) is 0 Å². The second-order valence-electron chi connectivity index (χ2n) is 5.75. The van der Waals surface area contributed by atoms with Crippen molar-refractivity contribution in [1.82, 2.24) is 14.5 Å². The van der Waals surface area contributed by atoms with Crippen molar-refractivity contribution in [3.8, 4) is 5.75 Å². The Bertz CT molecular complexity index is 940. The lowest BCUT2D eigenvalue weighted by atomic mass is 10.2. The molecule has 0 fully saturated rings. The number of halogens is 1. The van der Waals surface area contributed by atoms with Crippen molar-refractivity contribution < 1.29 is 27.1 Å². The number of rotatable bonds is 8. The molecule has 1 heterocycles. The Labute approximate surface area is 157 Å². The van der Waals surface area contributed by atoms with Gasteiger partial charge in [0, 0.05) is 24.3 Å². The predicted octanol–water partition coefficient (Wildman–Crippen LogP) is 1.69. The van der Waals surface area contributed by atoms with Crippen LogP contribution in [0, 0.1) is 19.7 Å². The first-order chi connectivity index (χ1) is 12.7. The maximum absolute atomic E-state index is 14.1. The fourth-order valence-electron chi connectivity index (χ4n) is 2.51. The summed E-state index contributed by atoms with van der Waals surface area (Å²) in [4.78, 5) is 10.8. The second-order valence-corrected chi connectivity index (χ2v) is 7.51. The van der Waals surface area contributed by atoms with Crippen LogP contribution in [0.2, 0.25) is 0 Å². The highest BCUT2D eigenvalue weighted by Crippen LogP contribution is 2.22. The number of carbonyl (C=O) groups is 1. The summed E-state index contributed by atoms with van der Waals surface area (Å²) in [5.74, 6) is -1.81. The van der Waals surface area contributed by atoms with Gasteiger partial charge in [0.2, 0.25) is 10.0 Å². The number of aryl methyl sites for hydroxylation is 2. The lowest BCUT2D eigenvalue weighted by molar-refractivity contribution is -0.142. The molecule has 0 radical (unpaired) electrons. The third-order valence-corrected chi connectivity index (χ3v) is 5.46. The van der Waals surface area contributed by atoms with Gasteiger partial charge in [0.25, 0.3) is 0 Å². The first-order valence-electron chi connectivity index (χ1n) is 8.21. The molecule has 0 aliphatic heterocycles. The SMILES string of the molecule is CCn1nc(C)c(CNS(=O)(=O)c2ccc(OCC(=O)OC)c(F)c2)c1C. The number of hydrogen-bond acceptors (Lipinski definition) is 6. The van der Waals surface area contributed by atoms with Crippen molar-refractivity contribution in [2.75, 3.05) is 13.7 Å². The minimum atomic E-state index is -3.94. The molecule has 2 aromatic rings. The standard InChI is InChI=1S/C17H22FN3O5S/c1-5-21-12(3)14(11(2)20-21)9-19-27(23,24)13-6-7-16(15(18)8-13)26-10-17(22)25-4/h6-8,19H,5,9-10H2,1-4H3. The number of carbonyl (C=O) groups excluding carboxylic acids is 1. The van der Waals surface area contributed by atoms with Gasteiger partial charge in [-0.25, -0.2) is 22.3 Å². The van der Waals surface area contributed by atoms with E-state index in [9.17, 15) is 17.6 Å². The Morgan fingerprint density at radius 3 is 2.59 bits per heavy atom. The number of esters is 1. The molecule has 0 unspecified atom stereocenters. The number of aromatic nitrogens is 2. The van der Waals surface area contributed by atoms with Gasteiger partial charge >= 0.3 is 5.97 Å². The predicted molar refractivity (Wildman–Crippen MR) is 95.3 cm³/mol. The van der Waals surface area contributed by atoms with Crippen LogP contribution in [0.3, 0.4) is 0 Å². The lowest BCUT2D eigenvalue weighted by Gasteiger charge is -2.10. The van der Waals surface area contributed by atoms with E-state index in [4.69, 9.17) is 4.74 Å². The first-order valence-corrected chi connectivity index (χ1v) is 9.69. The normalized spacial score (nSPS) is 11.4. The Balaban J connectivity index is 2.14. The molecule has 0 bridgehead atoms. The lowest BCUT2D eigenvalue weighted by Crippen LogP contribution is -2.24. The summed E-state index contributed by atoms with van der Waals surface area (Å²) < 4.78 is 52.6. The summed E-state index contributed by atoms with van der Waals surface area (Å²) in [6.45, 7) is 5.85. The number of benzene rings is 1. The molecule has 0 aliphatic carbocycles. The van der Waals surface area contributed by atoms with E-state index in [1.54, 1.807) is 11.6 Å². The summed E-state index contributed by atoms with van der Waals surface area (Å²) >= 11 is 0. The maximum atomic E-state index is 14.1. The largest absolute Gasteiger partial charge is 0.479 e. The fourth-order valence-corrected chi connectivity index (χ4v) is 3.52. The van der Waals surface area contributed by atoms with Crippen LogP contribution in [0.15, 0.2) is 23.1 Å². The monoisotopic (exact) mass is 399 g/mol. The number of sulfonamides is 1. The van der Waals surface area contributed by atoms with Crippen LogP contribution in [0.25, 0.3) is 0 Å². The van der Waals surface area contributed by atoms with Crippen LogP contribution in [-0.4, -0.2) is 37.9 Å². The van der Waals surface area contributed by atoms with Gasteiger partial charge in [-0.15, -0.1) is 0 Å². The molecule has 0 amide bonds. The van der Waals surface area contributed by atoms with Crippen LogP contribution >= 0.6 is 0 Å². The molecule has 0 aliphatic rings. The molecule has 27 heavy (non-hydrogen) atoms. The van der Waals surface area contributed by atoms with E-state index in [0.29, 0.717) is 6.54 Å². The van der Waals surface area contributed by atoms with E-state index < -0.39 is 28.4 Å². The topological polar surface area (TPSA) is 99.5 Å². The van der Waals surface area contributed by atoms with Gasteiger partial charge in [-0.05, 0) is 39.0 Å². The summed E-state index contributed by atoms with van der Waals surface area (Å²) in [5.41, 5.74) is 2.38. The highest BCUT2D eigenvalue weighted by Gasteiger charge is 2.19. The Hall–Kier alpha value is -2.46. The van der Waals surface area contributed by atoms with Gasteiger partial charge in [-0.1, -0.05) is 0 Å². The summed E-state index contributed by atoms with van der Waals surface area (Å²) in [5, 5.41) is 4.34. The summed E-state index contributed by atoms with van der Waals surface area (Å²) in [7, 11) is -2.76. The van der Waals surface area contributed by atoms with Crippen LogP contribution in [0.1, 0.15) is 23.9 Å². The van der Waals surface area contributed by atoms with Crippen molar-refractivity contribution in [1.29, 1.82) is 0 Å². The molecular formula is C17H22FN3O5S. The first kappa shape index (κ1) is 20.8. The number of nitrogens with one attached hydrogen (secondary N) is 1. The molecule has 1 aromatic heterocycles. The smallest absolute Gasteiger partial charge is 0.343 e. The molecule has 148 valence electrons. The quantitative estimate of drug-likeness (QED) is 0.678. The highest BCUT2D eigenvalue weighted by atomic mass is 32.2. The average molecular weight is 399 g/mol. The Kier molecular flexibility index (Phi) is 6.55. The van der Waals surface area contributed by atoms with E-state index in [-0.39, 0.29) is 17.2 Å². The van der Waals surface area contributed by atoms with Gasteiger partial charge < -0.3 is 9.47 Å².